The lowest BCUT2D eigenvalue weighted by Gasteiger charge is -2.23. The number of nitrogens with one attached hydrogen (secondary N) is 2. The largest absolute Gasteiger partial charge is 0.378 e. The molecule has 4 rings (SSSR count). The number of rotatable bonds is 5. The Morgan fingerprint density at radius 1 is 1.21 bits per heavy atom. The number of aromatic nitrogens is 2. The van der Waals surface area contributed by atoms with Crippen LogP contribution in [-0.2, 0) is 17.1 Å². The van der Waals surface area contributed by atoms with Crippen molar-refractivity contribution in [3.8, 4) is 11.1 Å². The quantitative estimate of drug-likeness (QED) is 0.672. The van der Waals surface area contributed by atoms with Gasteiger partial charge in [0.25, 0.3) is 0 Å². The molecule has 0 saturated carbocycles. The van der Waals surface area contributed by atoms with Crippen LogP contribution >= 0.6 is 0 Å². The van der Waals surface area contributed by atoms with Crippen LogP contribution in [0.4, 0.5) is 11.4 Å². The van der Waals surface area contributed by atoms with E-state index in [-0.39, 0.29) is 5.25 Å². The molecule has 0 aliphatic carbocycles. The number of benzene rings is 1. The van der Waals surface area contributed by atoms with Gasteiger partial charge in [-0.05, 0) is 49.7 Å². The van der Waals surface area contributed by atoms with Crippen molar-refractivity contribution >= 4 is 32.4 Å². The van der Waals surface area contributed by atoms with Gasteiger partial charge in [0, 0.05) is 44.8 Å². The molecular weight excluding hydrogens is 386 g/mol. The first-order valence-electron chi connectivity index (χ1n) is 9.81. The zero-order valence-corrected chi connectivity index (χ0v) is 17.8. The number of fused-ring (bicyclic) bond motifs is 1. The summed E-state index contributed by atoms with van der Waals surface area (Å²) in [5.41, 5.74) is 4.40. The number of hydrogen-bond acceptors (Lipinski definition) is 5. The fourth-order valence-electron chi connectivity index (χ4n) is 3.90. The van der Waals surface area contributed by atoms with Gasteiger partial charge >= 0.3 is 0 Å². The predicted octanol–water partition coefficient (Wildman–Crippen LogP) is 2.80. The van der Waals surface area contributed by atoms with Gasteiger partial charge in [-0.3, -0.25) is 4.72 Å². The Morgan fingerprint density at radius 2 is 1.97 bits per heavy atom. The average molecular weight is 414 g/mol. The summed E-state index contributed by atoms with van der Waals surface area (Å²) in [6.07, 6.45) is 4.91. The van der Waals surface area contributed by atoms with Gasteiger partial charge in [0.1, 0.15) is 5.65 Å². The van der Waals surface area contributed by atoms with E-state index in [1.807, 2.05) is 55.0 Å². The summed E-state index contributed by atoms with van der Waals surface area (Å²) in [6, 6.07) is 9.96. The molecule has 8 heteroatoms. The Labute approximate surface area is 171 Å². The number of aryl methyl sites for hydroxylation is 1. The zero-order valence-electron chi connectivity index (χ0n) is 17.0. The molecule has 1 aromatic carbocycles. The molecule has 1 fully saturated rings. The van der Waals surface area contributed by atoms with Gasteiger partial charge in [-0.25, -0.2) is 13.4 Å². The van der Waals surface area contributed by atoms with E-state index in [1.54, 1.807) is 12.3 Å². The first-order chi connectivity index (χ1) is 13.9. The fourth-order valence-corrected chi connectivity index (χ4v) is 5.40. The van der Waals surface area contributed by atoms with Gasteiger partial charge < -0.3 is 14.8 Å². The molecule has 0 unspecified atom stereocenters. The standard InChI is InChI=1S/C21H27N5O2S/c1-25(2)16-6-4-5-15(13-16)18-14-26(3)21-20(18)19(9-12-23-21)24-29(27,28)17-7-10-22-11-8-17/h4-6,9,12-14,17,22H,7-8,10-11H2,1-3H3,(H,23,24). The third kappa shape index (κ3) is 3.82. The van der Waals surface area contributed by atoms with Crippen molar-refractivity contribution in [1.29, 1.82) is 0 Å². The molecule has 0 radical (unpaired) electrons. The highest BCUT2D eigenvalue weighted by Gasteiger charge is 2.28. The molecule has 2 aromatic heterocycles. The molecule has 1 saturated heterocycles. The molecule has 154 valence electrons. The summed E-state index contributed by atoms with van der Waals surface area (Å²) in [7, 11) is 2.46. The fraction of sp³-hybridized carbons (Fsp3) is 0.381. The van der Waals surface area contributed by atoms with Gasteiger partial charge in [-0.15, -0.1) is 0 Å². The number of piperidine rings is 1. The summed E-state index contributed by atoms with van der Waals surface area (Å²) >= 11 is 0. The molecule has 29 heavy (non-hydrogen) atoms. The van der Waals surface area contributed by atoms with E-state index in [9.17, 15) is 8.42 Å². The maximum atomic E-state index is 13.0. The van der Waals surface area contributed by atoms with E-state index in [4.69, 9.17) is 0 Å². The van der Waals surface area contributed by atoms with Crippen molar-refractivity contribution in [2.24, 2.45) is 7.05 Å². The highest BCUT2D eigenvalue weighted by Crippen LogP contribution is 2.36. The number of nitrogens with zero attached hydrogens (tertiary/aromatic N) is 3. The highest BCUT2D eigenvalue weighted by molar-refractivity contribution is 7.93. The molecule has 0 bridgehead atoms. The van der Waals surface area contributed by atoms with E-state index in [2.05, 4.69) is 21.1 Å². The topological polar surface area (TPSA) is 79.3 Å². The van der Waals surface area contributed by atoms with Crippen LogP contribution < -0.4 is 14.9 Å². The van der Waals surface area contributed by atoms with Crippen LogP contribution in [0.1, 0.15) is 12.8 Å². The van der Waals surface area contributed by atoms with E-state index in [0.29, 0.717) is 18.5 Å². The van der Waals surface area contributed by atoms with Crippen LogP contribution in [0.25, 0.3) is 22.2 Å². The summed E-state index contributed by atoms with van der Waals surface area (Å²) in [6.45, 7) is 1.45. The second-order valence-electron chi connectivity index (χ2n) is 7.75. The van der Waals surface area contributed by atoms with Crippen LogP contribution in [-0.4, -0.2) is 50.4 Å². The minimum absolute atomic E-state index is 0.379. The van der Waals surface area contributed by atoms with Crippen molar-refractivity contribution in [1.82, 2.24) is 14.9 Å². The van der Waals surface area contributed by atoms with Gasteiger partial charge in [0.05, 0.1) is 16.3 Å². The number of pyridine rings is 1. The number of sulfonamides is 1. The third-order valence-electron chi connectivity index (χ3n) is 5.51. The molecule has 0 atom stereocenters. The van der Waals surface area contributed by atoms with Crippen LogP contribution in [0.3, 0.4) is 0 Å². The zero-order chi connectivity index (χ0) is 20.6. The maximum Gasteiger partial charge on any atom is 0.235 e. The monoisotopic (exact) mass is 413 g/mol. The average Bonchev–Trinajstić information content (AvgIpc) is 3.06. The molecule has 1 aliphatic heterocycles. The van der Waals surface area contributed by atoms with Crippen molar-refractivity contribution < 1.29 is 8.42 Å². The molecule has 1 aliphatic rings. The summed E-state index contributed by atoms with van der Waals surface area (Å²) < 4.78 is 30.9. The van der Waals surface area contributed by atoms with Crippen molar-refractivity contribution in [3.63, 3.8) is 0 Å². The Morgan fingerprint density at radius 3 is 2.69 bits per heavy atom. The van der Waals surface area contributed by atoms with Gasteiger partial charge in [0.15, 0.2) is 0 Å². The van der Waals surface area contributed by atoms with E-state index in [1.165, 1.54) is 0 Å². The lowest BCUT2D eigenvalue weighted by molar-refractivity contribution is 0.499. The van der Waals surface area contributed by atoms with Crippen LogP contribution in [0.2, 0.25) is 0 Å². The third-order valence-corrected chi connectivity index (χ3v) is 7.36. The summed E-state index contributed by atoms with van der Waals surface area (Å²) in [5, 5.41) is 3.66. The molecule has 0 amide bonds. The number of hydrogen-bond donors (Lipinski definition) is 2. The molecule has 2 N–H and O–H groups in total. The van der Waals surface area contributed by atoms with Gasteiger partial charge in [-0.2, -0.15) is 0 Å². The minimum Gasteiger partial charge on any atom is -0.378 e. The lowest BCUT2D eigenvalue weighted by Crippen LogP contribution is -2.38. The van der Waals surface area contributed by atoms with Gasteiger partial charge in [-0.1, -0.05) is 12.1 Å². The van der Waals surface area contributed by atoms with Crippen LogP contribution in [0, 0.1) is 0 Å². The molecule has 7 nitrogen and oxygen atoms in total. The van der Waals surface area contributed by atoms with Crippen LogP contribution in [0.5, 0.6) is 0 Å². The van der Waals surface area contributed by atoms with E-state index in [0.717, 1.165) is 40.9 Å². The Balaban J connectivity index is 1.81. The Bertz CT molecular complexity index is 1130. The van der Waals surface area contributed by atoms with Crippen molar-refractivity contribution in [2.45, 2.75) is 18.1 Å². The second-order valence-corrected chi connectivity index (χ2v) is 9.71. The molecule has 3 aromatic rings. The summed E-state index contributed by atoms with van der Waals surface area (Å²) in [4.78, 5) is 6.54. The maximum absolute atomic E-state index is 13.0. The van der Waals surface area contributed by atoms with E-state index < -0.39 is 10.0 Å². The highest BCUT2D eigenvalue weighted by atomic mass is 32.2. The Hall–Kier alpha value is -2.58. The van der Waals surface area contributed by atoms with Crippen LogP contribution in [0.15, 0.2) is 42.7 Å². The number of anilines is 2. The minimum atomic E-state index is -3.47. The predicted molar refractivity (Wildman–Crippen MR) is 119 cm³/mol. The summed E-state index contributed by atoms with van der Waals surface area (Å²) in [5.74, 6) is 0. The first-order valence-corrected chi connectivity index (χ1v) is 11.4. The lowest BCUT2D eigenvalue weighted by atomic mass is 10.0. The smallest absolute Gasteiger partial charge is 0.235 e. The second kappa shape index (κ2) is 7.68. The first kappa shape index (κ1) is 19.7. The van der Waals surface area contributed by atoms with E-state index >= 15 is 0 Å². The Kier molecular flexibility index (Phi) is 5.23. The van der Waals surface area contributed by atoms with Crippen molar-refractivity contribution in [2.75, 3.05) is 36.8 Å². The normalized spacial score (nSPS) is 15.6. The van der Waals surface area contributed by atoms with Crippen molar-refractivity contribution in [3.05, 3.63) is 42.7 Å². The van der Waals surface area contributed by atoms with Gasteiger partial charge in [0.2, 0.25) is 10.0 Å². The SMILES string of the molecule is CN(C)c1cccc(-c2cn(C)c3nccc(NS(=O)(=O)C4CCNCC4)c23)c1. The molecular formula is C21H27N5O2S. The molecule has 3 heterocycles. The molecule has 0 spiro atoms.